The molecule has 2 aliphatic rings. The molecule has 0 atom stereocenters. The first kappa shape index (κ1) is 31.8. The number of para-hydroxylation sites is 2. The molecule has 10 rings (SSSR count). The predicted octanol–water partition coefficient (Wildman–Crippen LogP) is 9.77. The Balaban J connectivity index is 1.20. The van der Waals surface area contributed by atoms with Crippen LogP contribution in [-0.4, -0.2) is 33.3 Å². The summed E-state index contributed by atoms with van der Waals surface area (Å²) < 4.78 is 19.5. The molecule has 256 valence electrons. The summed E-state index contributed by atoms with van der Waals surface area (Å²) >= 11 is 0. The van der Waals surface area contributed by atoms with Crippen molar-refractivity contribution < 1.29 is 13.7 Å². The fourth-order valence-electron chi connectivity index (χ4n) is 8.21. The molecule has 1 fully saturated rings. The van der Waals surface area contributed by atoms with Gasteiger partial charge < -0.3 is 13.7 Å². The molecule has 3 heterocycles. The molecule has 2 aromatic heterocycles. The van der Waals surface area contributed by atoms with Gasteiger partial charge in [-0.2, -0.15) is 0 Å². The van der Waals surface area contributed by atoms with Gasteiger partial charge in [-0.25, -0.2) is 15.0 Å². The zero-order chi connectivity index (χ0) is 36.0. The monoisotopic (exact) mass is 689 g/mol. The SMILES string of the molecule is CC1(C)OB(c2nc(-c3ccc4c(c3)-c3ccccc3C4(c3ccccc3)c3ccccc3)nc(-c3cccc4c3oc3ccccc34)n2)OC1(C)C. The summed E-state index contributed by atoms with van der Waals surface area (Å²) in [6.07, 6.45) is 0. The van der Waals surface area contributed by atoms with Crippen LogP contribution < -0.4 is 5.72 Å². The largest absolute Gasteiger partial charge is 0.534 e. The third-order valence-electron chi connectivity index (χ3n) is 11.5. The number of nitrogens with zero attached hydrogens (tertiary/aromatic N) is 3. The second-order valence-electron chi connectivity index (χ2n) is 15.0. The highest BCUT2D eigenvalue weighted by molar-refractivity contribution is 6.60. The molecule has 0 amide bonds. The predicted molar refractivity (Wildman–Crippen MR) is 211 cm³/mol. The molecular formula is C46H36BN3O3. The van der Waals surface area contributed by atoms with Gasteiger partial charge in [-0.05, 0) is 79.3 Å². The highest BCUT2D eigenvalue weighted by atomic mass is 16.7. The maximum atomic E-state index is 6.51. The standard InChI is InChI=1S/C46H36BN3O3/c1-44(2)45(3,4)53-47(52-44)43-49-41(48-42(50-43)35-23-15-22-34-33-21-12-14-25-39(33)51-40(34)35)29-26-27-38-36(28-29)32-20-11-13-24-37(32)46(38,30-16-7-5-8-17-30)31-18-9-6-10-19-31/h5-28H,1-4H3. The number of fused-ring (bicyclic) bond motifs is 6. The van der Waals surface area contributed by atoms with E-state index in [1.807, 2.05) is 58.0 Å². The van der Waals surface area contributed by atoms with Crippen molar-refractivity contribution in [2.24, 2.45) is 0 Å². The average Bonchev–Trinajstić information content (AvgIpc) is 3.79. The fourth-order valence-corrected chi connectivity index (χ4v) is 8.21. The maximum absolute atomic E-state index is 6.51. The van der Waals surface area contributed by atoms with Crippen molar-refractivity contribution in [3.8, 4) is 33.9 Å². The molecule has 0 N–H and O–H groups in total. The molecule has 6 aromatic carbocycles. The molecule has 0 unspecified atom stereocenters. The third-order valence-corrected chi connectivity index (χ3v) is 11.5. The van der Waals surface area contributed by atoms with Gasteiger partial charge in [0.05, 0.1) is 22.2 Å². The van der Waals surface area contributed by atoms with E-state index in [4.69, 9.17) is 28.7 Å². The van der Waals surface area contributed by atoms with Gasteiger partial charge in [-0.15, -0.1) is 0 Å². The van der Waals surface area contributed by atoms with E-state index in [-0.39, 0.29) is 0 Å². The average molecular weight is 690 g/mol. The second kappa shape index (κ2) is 11.6. The van der Waals surface area contributed by atoms with Crippen LogP contribution in [0.4, 0.5) is 0 Å². The molecule has 0 radical (unpaired) electrons. The van der Waals surface area contributed by atoms with Crippen molar-refractivity contribution in [1.29, 1.82) is 0 Å². The lowest BCUT2D eigenvalue weighted by atomic mass is 9.67. The van der Waals surface area contributed by atoms with Gasteiger partial charge in [-0.1, -0.05) is 127 Å². The van der Waals surface area contributed by atoms with E-state index in [1.165, 1.54) is 27.8 Å². The Morgan fingerprint density at radius 3 is 1.81 bits per heavy atom. The highest BCUT2D eigenvalue weighted by Crippen LogP contribution is 2.56. The number of furan rings is 1. The zero-order valence-electron chi connectivity index (χ0n) is 30.0. The summed E-state index contributed by atoms with van der Waals surface area (Å²) in [5.74, 6) is 1.03. The Labute approximate surface area is 308 Å². The number of benzene rings is 6. The van der Waals surface area contributed by atoms with Gasteiger partial charge in [0.25, 0.3) is 0 Å². The summed E-state index contributed by atoms with van der Waals surface area (Å²) in [6, 6.07) is 51.2. The number of rotatable bonds is 5. The van der Waals surface area contributed by atoms with E-state index in [2.05, 4.69) is 115 Å². The van der Waals surface area contributed by atoms with Crippen LogP contribution in [0.3, 0.4) is 0 Å². The molecule has 6 nitrogen and oxygen atoms in total. The van der Waals surface area contributed by atoms with Crippen molar-refractivity contribution in [3.63, 3.8) is 0 Å². The van der Waals surface area contributed by atoms with Crippen LogP contribution in [-0.2, 0) is 14.7 Å². The van der Waals surface area contributed by atoms with Gasteiger partial charge >= 0.3 is 7.12 Å². The van der Waals surface area contributed by atoms with Crippen molar-refractivity contribution in [3.05, 3.63) is 168 Å². The Kier molecular flexibility index (Phi) is 6.94. The van der Waals surface area contributed by atoms with Crippen LogP contribution in [0.5, 0.6) is 0 Å². The molecule has 1 saturated heterocycles. The first-order chi connectivity index (χ1) is 25.7. The van der Waals surface area contributed by atoms with E-state index >= 15 is 0 Å². The van der Waals surface area contributed by atoms with Gasteiger partial charge in [0.2, 0.25) is 0 Å². The summed E-state index contributed by atoms with van der Waals surface area (Å²) in [5, 5.41) is 2.05. The quantitative estimate of drug-likeness (QED) is 0.168. The molecule has 53 heavy (non-hydrogen) atoms. The minimum atomic E-state index is -0.783. The van der Waals surface area contributed by atoms with Crippen molar-refractivity contribution in [2.75, 3.05) is 0 Å². The van der Waals surface area contributed by atoms with Gasteiger partial charge in [-0.3, -0.25) is 0 Å². The summed E-state index contributed by atoms with van der Waals surface area (Å²) in [7, 11) is -0.783. The Morgan fingerprint density at radius 2 is 1.08 bits per heavy atom. The molecule has 8 aromatic rings. The Bertz CT molecular complexity index is 2650. The lowest BCUT2D eigenvalue weighted by Gasteiger charge is -2.33. The number of aromatic nitrogens is 3. The van der Waals surface area contributed by atoms with Gasteiger partial charge in [0.1, 0.15) is 11.2 Å². The Morgan fingerprint density at radius 1 is 0.491 bits per heavy atom. The van der Waals surface area contributed by atoms with E-state index in [1.54, 1.807) is 0 Å². The number of hydrogen-bond acceptors (Lipinski definition) is 6. The molecule has 1 aliphatic heterocycles. The Hall–Kier alpha value is -5.89. The fraction of sp³-hybridized carbons (Fsp3) is 0.152. The zero-order valence-corrected chi connectivity index (χ0v) is 30.0. The first-order valence-electron chi connectivity index (χ1n) is 18.1. The first-order valence-corrected chi connectivity index (χ1v) is 18.1. The molecular weight excluding hydrogens is 653 g/mol. The summed E-state index contributed by atoms with van der Waals surface area (Å²) in [4.78, 5) is 15.3. The van der Waals surface area contributed by atoms with Crippen LogP contribution in [0.1, 0.15) is 49.9 Å². The summed E-state index contributed by atoms with van der Waals surface area (Å²) in [6.45, 7) is 8.15. The molecule has 0 bridgehead atoms. The second-order valence-corrected chi connectivity index (χ2v) is 15.0. The van der Waals surface area contributed by atoms with Gasteiger partial charge in [0, 0.05) is 16.3 Å². The highest BCUT2D eigenvalue weighted by Gasteiger charge is 2.53. The van der Waals surface area contributed by atoms with E-state index in [9.17, 15) is 0 Å². The molecule has 1 aliphatic carbocycles. The van der Waals surface area contributed by atoms with Crippen LogP contribution in [0.25, 0.3) is 55.8 Å². The number of hydrogen-bond donors (Lipinski definition) is 0. The lowest BCUT2D eigenvalue weighted by molar-refractivity contribution is 0.00578. The van der Waals surface area contributed by atoms with Crippen LogP contribution in [0.15, 0.2) is 150 Å². The minimum absolute atomic E-state index is 0.417. The summed E-state index contributed by atoms with van der Waals surface area (Å²) in [5.41, 5.74) is 9.19. The smallest absolute Gasteiger partial charge is 0.455 e. The van der Waals surface area contributed by atoms with E-state index in [0.29, 0.717) is 17.4 Å². The lowest BCUT2D eigenvalue weighted by Crippen LogP contribution is -2.41. The topological polar surface area (TPSA) is 70.3 Å². The van der Waals surface area contributed by atoms with Crippen LogP contribution in [0, 0.1) is 0 Å². The van der Waals surface area contributed by atoms with Crippen LogP contribution >= 0.6 is 0 Å². The molecule has 0 saturated carbocycles. The molecule has 0 spiro atoms. The van der Waals surface area contributed by atoms with Crippen LogP contribution in [0.2, 0.25) is 0 Å². The molecule has 7 heteroatoms. The normalized spacial score (nSPS) is 16.6. The van der Waals surface area contributed by atoms with Crippen molar-refractivity contribution >= 4 is 34.8 Å². The van der Waals surface area contributed by atoms with E-state index in [0.717, 1.165) is 38.6 Å². The minimum Gasteiger partial charge on any atom is -0.455 e. The third kappa shape index (κ3) is 4.70. The van der Waals surface area contributed by atoms with Gasteiger partial charge in [0.15, 0.2) is 17.4 Å². The van der Waals surface area contributed by atoms with E-state index < -0.39 is 23.7 Å². The maximum Gasteiger partial charge on any atom is 0.534 e. The van der Waals surface area contributed by atoms with Crippen molar-refractivity contribution in [1.82, 2.24) is 15.0 Å². The van der Waals surface area contributed by atoms with Crippen molar-refractivity contribution in [2.45, 2.75) is 44.3 Å².